The Kier molecular flexibility index (Phi) is 18.0. The van der Waals surface area contributed by atoms with Crippen molar-refractivity contribution in [2.45, 2.75) is 41.0 Å². The average Bonchev–Trinajstić information content (AvgIpc) is 2.10. The van der Waals surface area contributed by atoms with E-state index in [1.165, 1.54) is 13.0 Å². The molecule has 0 saturated heterocycles. The molecule has 0 heterocycles. The van der Waals surface area contributed by atoms with E-state index in [2.05, 4.69) is 52.4 Å². The smallest absolute Gasteiger partial charge is 0.00265 e. The number of thiol groups is 1. The van der Waals surface area contributed by atoms with Gasteiger partial charge in [-0.2, -0.15) is 12.6 Å². The van der Waals surface area contributed by atoms with Crippen LogP contribution in [0.2, 0.25) is 0 Å². The summed E-state index contributed by atoms with van der Waals surface area (Å²) in [5.74, 6) is 0. The zero-order chi connectivity index (χ0) is 11.5. The molecule has 0 aromatic carbocycles. The molecular weight excluding hydrogens is 178 g/mol. The van der Waals surface area contributed by atoms with E-state index in [4.69, 9.17) is 0 Å². The van der Waals surface area contributed by atoms with Gasteiger partial charge in [0.1, 0.15) is 0 Å². The highest BCUT2D eigenvalue weighted by Crippen LogP contribution is 2.19. The molecule has 13 heavy (non-hydrogen) atoms. The Morgan fingerprint density at radius 1 is 1.08 bits per heavy atom. The highest BCUT2D eigenvalue weighted by molar-refractivity contribution is 7.79. The monoisotopic (exact) mass is 207 g/mol. The fourth-order valence-electron chi connectivity index (χ4n) is 0.968. The molecule has 2 heteroatoms. The molecule has 0 aromatic heterocycles. The first kappa shape index (κ1) is 19.0. The van der Waals surface area contributed by atoms with E-state index in [-0.39, 0.29) is 0 Å². The van der Waals surface area contributed by atoms with Crippen LogP contribution in [0.3, 0.4) is 0 Å². The van der Waals surface area contributed by atoms with E-state index in [1.807, 2.05) is 13.8 Å². The van der Waals surface area contributed by atoms with Gasteiger partial charge < -0.3 is 4.90 Å². The third-order valence-electron chi connectivity index (χ3n) is 1.70. The molecule has 0 aliphatic carbocycles. The summed E-state index contributed by atoms with van der Waals surface area (Å²) in [7, 11) is 4.24. The minimum atomic E-state index is 0.490. The molecule has 0 rings (SSSR count). The SMILES string of the molecule is CC.CCC(C)(C)CN(C)C.CS. The van der Waals surface area contributed by atoms with Crippen LogP contribution in [0.4, 0.5) is 0 Å². The van der Waals surface area contributed by atoms with E-state index in [0.717, 1.165) is 0 Å². The van der Waals surface area contributed by atoms with Gasteiger partial charge in [0.15, 0.2) is 0 Å². The van der Waals surface area contributed by atoms with Gasteiger partial charge >= 0.3 is 0 Å². The lowest BCUT2D eigenvalue weighted by Gasteiger charge is -2.26. The molecule has 0 amide bonds. The van der Waals surface area contributed by atoms with Crippen LogP contribution in [0.15, 0.2) is 0 Å². The van der Waals surface area contributed by atoms with E-state index < -0.39 is 0 Å². The van der Waals surface area contributed by atoms with Crippen LogP contribution in [0.25, 0.3) is 0 Å². The Hall–Kier alpha value is 0.310. The zero-order valence-corrected chi connectivity index (χ0v) is 11.7. The van der Waals surface area contributed by atoms with Crippen molar-refractivity contribution in [3.63, 3.8) is 0 Å². The van der Waals surface area contributed by atoms with Gasteiger partial charge in [-0.25, -0.2) is 0 Å². The topological polar surface area (TPSA) is 3.24 Å². The molecule has 0 aliphatic rings. The molecule has 84 valence electrons. The molecule has 1 nitrogen and oxygen atoms in total. The van der Waals surface area contributed by atoms with Crippen LogP contribution in [0.5, 0.6) is 0 Å². The normalized spacial score (nSPS) is 9.69. The Bertz CT molecular complexity index is 80.2. The first-order valence-electron chi connectivity index (χ1n) is 5.07. The fraction of sp³-hybridized carbons (Fsp3) is 1.00. The highest BCUT2D eigenvalue weighted by Gasteiger charge is 2.14. The molecule has 0 spiro atoms. The maximum absolute atomic E-state index is 3.53. The molecule has 0 saturated carbocycles. The first-order valence-corrected chi connectivity index (χ1v) is 5.97. The van der Waals surface area contributed by atoms with Crippen LogP contribution in [-0.4, -0.2) is 31.8 Å². The summed E-state index contributed by atoms with van der Waals surface area (Å²) in [5.41, 5.74) is 0.490. The molecular formula is C11H29NS. The minimum absolute atomic E-state index is 0.490. The van der Waals surface area contributed by atoms with Crippen molar-refractivity contribution in [1.29, 1.82) is 0 Å². The van der Waals surface area contributed by atoms with Crippen molar-refractivity contribution < 1.29 is 0 Å². The number of hydrogen-bond acceptors (Lipinski definition) is 2. The summed E-state index contributed by atoms with van der Waals surface area (Å²) in [5, 5.41) is 0. The van der Waals surface area contributed by atoms with Crippen LogP contribution >= 0.6 is 12.6 Å². The molecule has 0 bridgehead atoms. The van der Waals surface area contributed by atoms with Gasteiger partial charge in [0.25, 0.3) is 0 Å². The van der Waals surface area contributed by atoms with Gasteiger partial charge in [0.2, 0.25) is 0 Å². The Morgan fingerprint density at radius 2 is 1.38 bits per heavy atom. The van der Waals surface area contributed by atoms with Crippen LogP contribution in [0, 0.1) is 5.41 Å². The zero-order valence-electron chi connectivity index (χ0n) is 10.8. The first-order chi connectivity index (χ1) is 5.98. The standard InChI is InChI=1S/C8H19N.C2H6.CH4S/c1-6-8(2,3)7-9(4)5;2*1-2/h6-7H2,1-5H3;1-2H3;2H,1H3. The number of nitrogens with zero attached hydrogens (tertiary/aromatic N) is 1. The van der Waals surface area contributed by atoms with Crippen molar-refractivity contribution in [2.75, 3.05) is 26.9 Å². The molecule has 0 aliphatic heterocycles. The molecule has 0 N–H and O–H groups in total. The predicted octanol–water partition coefficient (Wildman–Crippen LogP) is 3.56. The molecule has 0 unspecified atom stereocenters. The maximum Gasteiger partial charge on any atom is 0.00265 e. The van der Waals surface area contributed by atoms with Gasteiger partial charge in [-0.05, 0) is 32.2 Å². The Balaban J connectivity index is -0.000000218. The van der Waals surface area contributed by atoms with E-state index in [1.54, 1.807) is 6.26 Å². The maximum atomic E-state index is 3.53. The average molecular weight is 207 g/mol. The van der Waals surface area contributed by atoms with E-state index >= 15 is 0 Å². The minimum Gasteiger partial charge on any atom is -0.309 e. The van der Waals surface area contributed by atoms with Crippen molar-refractivity contribution in [1.82, 2.24) is 4.90 Å². The van der Waals surface area contributed by atoms with Crippen molar-refractivity contribution in [3.8, 4) is 0 Å². The van der Waals surface area contributed by atoms with Crippen LogP contribution in [0.1, 0.15) is 41.0 Å². The van der Waals surface area contributed by atoms with Crippen molar-refractivity contribution in [3.05, 3.63) is 0 Å². The molecule has 0 radical (unpaired) electrons. The lowest BCUT2D eigenvalue weighted by Crippen LogP contribution is -2.27. The lowest BCUT2D eigenvalue weighted by atomic mass is 9.90. The highest BCUT2D eigenvalue weighted by atomic mass is 32.1. The molecule has 0 fully saturated rings. The molecule has 0 atom stereocenters. The van der Waals surface area contributed by atoms with E-state index in [9.17, 15) is 0 Å². The summed E-state index contributed by atoms with van der Waals surface area (Å²) in [6.45, 7) is 12.0. The predicted molar refractivity (Wildman–Crippen MR) is 68.9 cm³/mol. The largest absolute Gasteiger partial charge is 0.309 e. The van der Waals surface area contributed by atoms with Gasteiger partial charge in [0.05, 0.1) is 0 Å². The van der Waals surface area contributed by atoms with Gasteiger partial charge in [-0.3, -0.25) is 0 Å². The second kappa shape index (κ2) is 12.3. The summed E-state index contributed by atoms with van der Waals surface area (Å²) < 4.78 is 0. The second-order valence-electron chi connectivity index (χ2n) is 3.76. The summed E-state index contributed by atoms with van der Waals surface area (Å²) in [4.78, 5) is 2.24. The summed E-state index contributed by atoms with van der Waals surface area (Å²) >= 11 is 3.53. The summed E-state index contributed by atoms with van der Waals surface area (Å²) in [6.07, 6.45) is 2.95. The van der Waals surface area contributed by atoms with Gasteiger partial charge in [-0.15, -0.1) is 0 Å². The molecule has 0 aromatic rings. The third kappa shape index (κ3) is 18.9. The lowest BCUT2D eigenvalue weighted by molar-refractivity contribution is 0.233. The van der Waals surface area contributed by atoms with Crippen LogP contribution < -0.4 is 0 Å². The van der Waals surface area contributed by atoms with E-state index in [0.29, 0.717) is 5.41 Å². The third-order valence-corrected chi connectivity index (χ3v) is 1.70. The number of rotatable bonds is 3. The Labute approximate surface area is 91.3 Å². The number of hydrogen-bond donors (Lipinski definition) is 1. The summed E-state index contributed by atoms with van der Waals surface area (Å²) in [6, 6.07) is 0. The second-order valence-corrected chi connectivity index (χ2v) is 3.76. The quantitative estimate of drug-likeness (QED) is 0.693. The van der Waals surface area contributed by atoms with Gasteiger partial charge in [0, 0.05) is 6.54 Å². The van der Waals surface area contributed by atoms with Crippen molar-refractivity contribution in [2.24, 2.45) is 5.41 Å². The van der Waals surface area contributed by atoms with Gasteiger partial charge in [-0.1, -0.05) is 34.6 Å². The van der Waals surface area contributed by atoms with Crippen LogP contribution in [-0.2, 0) is 0 Å². The van der Waals surface area contributed by atoms with Crippen molar-refractivity contribution >= 4 is 12.6 Å². The fourth-order valence-corrected chi connectivity index (χ4v) is 0.968. The Morgan fingerprint density at radius 3 is 1.46 bits per heavy atom.